The number of amides is 2. The molecule has 0 radical (unpaired) electrons. The van der Waals surface area contributed by atoms with Crippen molar-refractivity contribution in [2.24, 2.45) is 0 Å². The quantitative estimate of drug-likeness (QED) is 0.719. The Hall–Kier alpha value is -1.02. The number of carbonyl (C=O) groups excluding carboxylic acids is 1. The summed E-state index contributed by atoms with van der Waals surface area (Å²) in [5, 5.41) is 11.7. The zero-order valence-corrected chi connectivity index (χ0v) is 10.6. The van der Waals surface area contributed by atoms with Crippen molar-refractivity contribution in [3.05, 3.63) is 0 Å². The average molecular weight is 284 g/mol. The number of likely N-dealkylation sites (tertiary alicyclic amines) is 1. The van der Waals surface area contributed by atoms with Gasteiger partial charge < -0.3 is 20.1 Å². The van der Waals surface area contributed by atoms with Crippen LogP contribution in [0.3, 0.4) is 0 Å². The van der Waals surface area contributed by atoms with Crippen molar-refractivity contribution in [3.63, 3.8) is 0 Å². The maximum Gasteiger partial charge on any atom is 0.411 e. The van der Waals surface area contributed by atoms with Gasteiger partial charge in [-0.05, 0) is 19.3 Å². The van der Waals surface area contributed by atoms with Gasteiger partial charge in [-0.2, -0.15) is 13.2 Å². The number of aliphatic hydroxyl groups excluding tert-OH is 1. The molecule has 1 saturated heterocycles. The first-order valence-electron chi connectivity index (χ1n) is 6.24. The van der Waals surface area contributed by atoms with Crippen molar-refractivity contribution in [2.45, 2.75) is 31.5 Å². The Balaban J connectivity index is 2.07. The van der Waals surface area contributed by atoms with E-state index in [-0.39, 0.29) is 31.8 Å². The van der Waals surface area contributed by atoms with Crippen LogP contribution >= 0.6 is 0 Å². The van der Waals surface area contributed by atoms with Crippen molar-refractivity contribution in [2.75, 3.05) is 32.9 Å². The fourth-order valence-corrected chi connectivity index (χ4v) is 1.95. The molecule has 2 amide bonds. The molecule has 0 aromatic carbocycles. The van der Waals surface area contributed by atoms with Crippen molar-refractivity contribution >= 4 is 6.03 Å². The van der Waals surface area contributed by atoms with Crippen molar-refractivity contribution in [1.82, 2.24) is 10.2 Å². The van der Waals surface area contributed by atoms with E-state index in [9.17, 15) is 18.0 Å². The average Bonchev–Trinajstić information content (AvgIpc) is 2.80. The zero-order chi connectivity index (χ0) is 14.3. The Morgan fingerprint density at radius 3 is 2.84 bits per heavy atom. The van der Waals surface area contributed by atoms with Crippen LogP contribution in [-0.4, -0.2) is 61.2 Å². The lowest BCUT2D eigenvalue weighted by molar-refractivity contribution is -0.173. The molecule has 1 heterocycles. The third kappa shape index (κ3) is 6.11. The summed E-state index contributed by atoms with van der Waals surface area (Å²) in [6, 6.07) is -0.436. The number of carbonyl (C=O) groups is 1. The van der Waals surface area contributed by atoms with Gasteiger partial charge in [0.1, 0.15) is 6.61 Å². The number of halogens is 3. The predicted octanol–water partition coefficient (Wildman–Crippen LogP) is 1.12. The molecular weight excluding hydrogens is 265 g/mol. The van der Waals surface area contributed by atoms with Gasteiger partial charge in [0.05, 0.1) is 12.6 Å². The lowest BCUT2D eigenvalue weighted by atomic mass is 10.2. The molecule has 0 aromatic rings. The van der Waals surface area contributed by atoms with Crippen LogP contribution in [0.5, 0.6) is 0 Å². The van der Waals surface area contributed by atoms with E-state index in [4.69, 9.17) is 5.11 Å². The van der Waals surface area contributed by atoms with E-state index in [0.29, 0.717) is 13.0 Å². The van der Waals surface area contributed by atoms with Crippen molar-refractivity contribution < 1.29 is 27.8 Å². The minimum atomic E-state index is -4.31. The largest absolute Gasteiger partial charge is 0.411 e. The Bertz CT molecular complexity index is 287. The summed E-state index contributed by atoms with van der Waals surface area (Å²) in [6.45, 7) is -0.530. The number of alkyl halides is 3. The SMILES string of the molecule is O=C(NCCCOCC(F)(F)F)N1CCCC1CO. The maximum atomic E-state index is 11.8. The topological polar surface area (TPSA) is 61.8 Å². The highest BCUT2D eigenvalue weighted by atomic mass is 19.4. The third-order valence-corrected chi connectivity index (χ3v) is 2.86. The molecule has 1 fully saturated rings. The van der Waals surface area contributed by atoms with Gasteiger partial charge in [-0.1, -0.05) is 0 Å². The Morgan fingerprint density at radius 1 is 1.47 bits per heavy atom. The van der Waals surface area contributed by atoms with E-state index >= 15 is 0 Å². The van der Waals surface area contributed by atoms with E-state index in [1.54, 1.807) is 4.90 Å². The summed E-state index contributed by atoms with van der Waals surface area (Å²) in [6.07, 6.45) is -2.36. The van der Waals surface area contributed by atoms with Crippen LogP contribution in [0.2, 0.25) is 0 Å². The molecule has 0 aliphatic carbocycles. The van der Waals surface area contributed by atoms with Gasteiger partial charge >= 0.3 is 12.2 Å². The van der Waals surface area contributed by atoms with Crippen LogP contribution in [0.1, 0.15) is 19.3 Å². The first-order chi connectivity index (χ1) is 8.94. The molecule has 1 unspecified atom stereocenters. The summed E-state index contributed by atoms with van der Waals surface area (Å²) in [4.78, 5) is 13.2. The number of nitrogens with one attached hydrogen (secondary N) is 1. The number of ether oxygens (including phenoxy) is 1. The molecule has 0 spiro atoms. The number of nitrogens with zero attached hydrogens (tertiary/aromatic N) is 1. The van der Waals surface area contributed by atoms with Crippen LogP contribution in [0.4, 0.5) is 18.0 Å². The molecule has 8 heteroatoms. The van der Waals surface area contributed by atoms with Gasteiger partial charge in [0, 0.05) is 19.7 Å². The van der Waals surface area contributed by atoms with Crippen LogP contribution < -0.4 is 5.32 Å². The van der Waals surface area contributed by atoms with Crippen LogP contribution in [0.25, 0.3) is 0 Å². The molecule has 19 heavy (non-hydrogen) atoms. The number of hydrogen-bond donors (Lipinski definition) is 2. The second kappa shape index (κ2) is 7.54. The van der Waals surface area contributed by atoms with E-state index in [1.165, 1.54) is 0 Å². The number of aliphatic hydroxyl groups is 1. The molecule has 1 aliphatic heterocycles. The zero-order valence-electron chi connectivity index (χ0n) is 10.6. The highest BCUT2D eigenvalue weighted by molar-refractivity contribution is 5.74. The number of urea groups is 1. The molecule has 1 rings (SSSR count). The lowest BCUT2D eigenvalue weighted by Gasteiger charge is -2.23. The molecule has 0 saturated carbocycles. The Morgan fingerprint density at radius 2 is 2.21 bits per heavy atom. The molecule has 1 aliphatic rings. The number of hydrogen-bond acceptors (Lipinski definition) is 3. The molecule has 0 aromatic heterocycles. The highest BCUT2D eigenvalue weighted by Gasteiger charge is 2.28. The van der Waals surface area contributed by atoms with Gasteiger partial charge in [-0.15, -0.1) is 0 Å². The summed E-state index contributed by atoms with van der Waals surface area (Å²) < 4.78 is 39.7. The van der Waals surface area contributed by atoms with Crippen LogP contribution in [0.15, 0.2) is 0 Å². The second-order valence-electron chi connectivity index (χ2n) is 4.43. The lowest BCUT2D eigenvalue weighted by Crippen LogP contribution is -2.44. The Labute approximate surface area is 109 Å². The van der Waals surface area contributed by atoms with Crippen molar-refractivity contribution in [3.8, 4) is 0 Å². The third-order valence-electron chi connectivity index (χ3n) is 2.86. The number of rotatable bonds is 6. The van der Waals surface area contributed by atoms with E-state index < -0.39 is 12.8 Å². The fourth-order valence-electron chi connectivity index (χ4n) is 1.95. The van der Waals surface area contributed by atoms with Gasteiger partial charge in [0.15, 0.2) is 0 Å². The van der Waals surface area contributed by atoms with Gasteiger partial charge in [0.25, 0.3) is 0 Å². The minimum absolute atomic E-state index is 0.0524. The summed E-state index contributed by atoms with van der Waals surface area (Å²) in [5.41, 5.74) is 0. The van der Waals surface area contributed by atoms with Crippen LogP contribution in [0, 0.1) is 0 Å². The minimum Gasteiger partial charge on any atom is -0.394 e. The van der Waals surface area contributed by atoms with Gasteiger partial charge in [-0.25, -0.2) is 4.79 Å². The monoisotopic (exact) mass is 284 g/mol. The Kier molecular flexibility index (Phi) is 6.36. The smallest absolute Gasteiger partial charge is 0.394 e. The van der Waals surface area contributed by atoms with E-state index in [0.717, 1.165) is 12.8 Å². The molecule has 0 bridgehead atoms. The van der Waals surface area contributed by atoms with Crippen molar-refractivity contribution in [1.29, 1.82) is 0 Å². The molecular formula is C11H19F3N2O3. The molecule has 112 valence electrons. The maximum absolute atomic E-state index is 11.8. The highest BCUT2D eigenvalue weighted by Crippen LogP contribution is 2.16. The normalized spacial score (nSPS) is 19.8. The molecule has 5 nitrogen and oxygen atoms in total. The van der Waals surface area contributed by atoms with E-state index in [1.807, 2.05) is 0 Å². The fraction of sp³-hybridized carbons (Fsp3) is 0.909. The summed E-state index contributed by atoms with van der Waals surface area (Å²) >= 11 is 0. The van der Waals surface area contributed by atoms with E-state index in [2.05, 4.69) is 10.1 Å². The first kappa shape index (κ1) is 16.0. The summed E-state index contributed by atoms with van der Waals surface area (Å²) in [7, 11) is 0. The standard InChI is InChI=1S/C11H19F3N2O3/c12-11(13,14)8-19-6-2-4-15-10(18)16-5-1-3-9(16)7-17/h9,17H,1-8H2,(H,15,18). The summed E-state index contributed by atoms with van der Waals surface area (Å²) in [5.74, 6) is 0. The van der Waals surface area contributed by atoms with Gasteiger partial charge in [0.2, 0.25) is 0 Å². The second-order valence-corrected chi connectivity index (χ2v) is 4.43. The molecule has 1 atom stereocenters. The molecule has 2 N–H and O–H groups in total. The predicted molar refractivity (Wildman–Crippen MR) is 61.7 cm³/mol. The first-order valence-corrected chi connectivity index (χ1v) is 6.24. The van der Waals surface area contributed by atoms with Crippen LogP contribution in [-0.2, 0) is 4.74 Å². The van der Waals surface area contributed by atoms with Gasteiger partial charge in [-0.3, -0.25) is 0 Å².